The minimum Gasteiger partial charge on any atom is -0.237 e. The first kappa shape index (κ1) is 25.0. The van der Waals surface area contributed by atoms with Crippen molar-refractivity contribution in [1.29, 1.82) is 0 Å². The normalized spacial score (nSPS) is 12.5. The van der Waals surface area contributed by atoms with Crippen LogP contribution in [0, 0.1) is 0 Å². The van der Waals surface area contributed by atoms with Crippen LogP contribution in [0.3, 0.4) is 0 Å². The molecule has 4 nitrogen and oxygen atoms in total. The van der Waals surface area contributed by atoms with Crippen molar-refractivity contribution in [1.82, 2.24) is 0 Å². The second kappa shape index (κ2) is 10.7. The zero-order chi connectivity index (χ0) is 24.8. The predicted molar refractivity (Wildman–Crippen MR) is 141 cm³/mol. The summed E-state index contributed by atoms with van der Waals surface area (Å²) in [5.41, 5.74) is 0.548. The largest absolute Gasteiger partial charge is 0.470 e. The molecular weight excluding hydrogens is 452 g/mol. The van der Waals surface area contributed by atoms with Gasteiger partial charge in [0.1, 0.15) is 11.2 Å². The lowest BCUT2D eigenvalue weighted by molar-refractivity contribution is -0.353. The topological polar surface area (TPSA) is 36.9 Å². The highest BCUT2D eigenvalue weighted by molar-refractivity contribution is 6.92. The highest BCUT2D eigenvalue weighted by atomic mass is 28.4. The Morgan fingerprint density at radius 2 is 0.714 bits per heavy atom. The first-order chi connectivity index (χ1) is 16.8. The Hall–Kier alpha value is -3.06. The molecule has 0 amide bonds. The molecule has 4 aromatic rings. The number of hydrogen-bond acceptors (Lipinski definition) is 4. The molecule has 0 saturated heterocycles. The molecule has 4 aromatic carbocycles. The molecule has 0 aliphatic rings. The lowest BCUT2D eigenvalue weighted by Crippen LogP contribution is -2.64. The minimum absolute atomic E-state index is 0.721. The summed E-state index contributed by atoms with van der Waals surface area (Å²) in [6.45, 7) is 7.91. The molecule has 180 valence electrons. The van der Waals surface area contributed by atoms with Crippen LogP contribution < -0.4 is 10.4 Å². The second-order valence-corrected chi connectivity index (χ2v) is 12.2. The van der Waals surface area contributed by atoms with Crippen LogP contribution in [-0.2, 0) is 30.1 Å². The zero-order valence-corrected chi connectivity index (χ0v) is 21.7. The van der Waals surface area contributed by atoms with Crippen molar-refractivity contribution in [3.8, 4) is 0 Å². The third kappa shape index (κ3) is 5.78. The summed E-state index contributed by atoms with van der Waals surface area (Å²) in [6.07, 6.45) is 0. The Kier molecular flexibility index (Phi) is 7.65. The van der Waals surface area contributed by atoms with Gasteiger partial charge in [0.15, 0.2) is 0 Å². The molecule has 0 heterocycles. The molecule has 0 fully saturated rings. The van der Waals surface area contributed by atoms with Crippen LogP contribution in [-0.4, -0.2) is 8.56 Å². The van der Waals surface area contributed by atoms with E-state index in [2.05, 4.69) is 0 Å². The van der Waals surface area contributed by atoms with Crippen molar-refractivity contribution in [2.45, 2.75) is 38.9 Å². The van der Waals surface area contributed by atoms with Crippen LogP contribution in [0.5, 0.6) is 0 Å². The van der Waals surface area contributed by atoms with Gasteiger partial charge in [-0.3, -0.25) is 0 Å². The maximum absolute atomic E-state index is 6.44. The highest BCUT2D eigenvalue weighted by Gasteiger charge is 2.49. The van der Waals surface area contributed by atoms with Crippen LogP contribution in [0.1, 0.15) is 38.8 Å². The fourth-order valence-corrected chi connectivity index (χ4v) is 6.45. The van der Waals surface area contributed by atoms with Crippen molar-refractivity contribution >= 4 is 18.9 Å². The summed E-state index contributed by atoms with van der Waals surface area (Å²) in [4.78, 5) is 12.4. The monoisotopic (exact) mass is 484 g/mol. The van der Waals surface area contributed by atoms with Crippen LogP contribution in [0.4, 0.5) is 0 Å². The van der Waals surface area contributed by atoms with Crippen molar-refractivity contribution in [2.75, 3.05) is 0 Å². The molecular formula is C30H32O4Si. The van der Waals surface area contributed by atoms with Gasteiger partial charge < -0.3 is 0 Å². The summed E-state index contributed by atoms with van der Waals surface area (Å²) >= 11 is 0. The Labute approximate surface area is 209 Å². The van der Waals surface area contributed by atoms with Gasteiger partial charge in [0, 0.05) is 10.4 Å². The van der Waals surface area contributed by atoms with Gasteiger partial charge in [-0.1, -0.05) is 121 Å². The van der Waals surface area contributed by atoms with Gasteiger partial charge in [0.25, 0.3) is 0 Å². The number of benzene rings is 4. The van der Waals surface area contributed by atoms with E-state index in [1.54, 1.807) is 0 Å². The molecule has 4 rings (SSSR count). The first-order valence-electron chi connectivity index (χ1n) is 11.8. The molecule has 0 radical (unpaired) electrons. The van der Waals surface area contributed by atoms with Gasteiger partial charge in [-0.2, -0.15) is 0 Å². The van der Waals surface area contributed by atoms with E-state index in [1.165, 1.54) is 0 Å². The lowest BCUT2D eigenvalue weighted by atomic mass is 9.99. The molecule has 0 unspecified atom stereocenters. The standard InChI is InChI=1S/C30H32O4Si/c1-29(2,25-17-9-5-10-18-25)31-33-35(27-21-13-7-14-22-27,28-23-15-8-16-24-28)34-32-30(3,4)26-19-11-6-12-20-26/h5-24H,1-4H3. The maximum Gasteiger partial charge on any atom is 0.470 e. The molecule has 0 aliphatic carbocycles. The Bertz CT molecular complexity index is 1080. The summed E-state index contributed by atoms with van der Waals surface area (Å²) in [5.74, 6) is 0. The third-order valence-corrected chi connectivity index (χ3v) is 8.80. The molecule has 35 heavy (non-hydrogen) atoms. The van der Waals surface area contributed by atoms with Gasteiger partial charge in [-0.15, -0.1) is 0 Å². The van der Waals surface area contributed by atoms with Crippen molar-refractivity contribution in [2.24, 2.45) is 0 Å². The Balaban J connectivity index is 1.74. The lowest BCUT2D eigenvalue weighted by Gasteiger charge is -2.35. The molecule has 0 aromatic heterocycles. The fourth-order valence-electron chi connectivity index (χ4n) is 3.79. The van der Waals surface area contributed by atoms with E-state index in [4.69, 9.17) is 18.9 Å². The highest BCUT2D eigenvalue weighted by Crippen LogP contribution is 2.29. The molecule has 0 atom stereocenters. The number of hydrogen-bond donors (Lipinski definition) is 0. The molecule has 0 N–H and O–H groups in total. The average molecular weight is 485 g/mol. The molecule has 0 aliphatic heterocycles. The van der Waals surface area contributed by atoms with Gasteiger partial charge >= 0.3 is 8.56 Å². The Morgan fingerprint density at radius 3 is 1.03 bits per heavy atom. The zero-order valence-electron chi connectivity index (χ0n) is 20.7. The number of rotatable bonds is 10. The predicted octanol–water partition coefficient (Wildman–Crippen LogP) is 6.01. The van der Waals surface area contributed by atoms with E-state index in [0.29, 0.717) is 0 Å². The third-order valence-electron chi connectivity index (χ3n) is 5.98. The van der Waals surface area contributed by atoms with Crippen molar-refractivity contribution < 1.29 is 18.9 Å². The molecule has 0 bridgehead atoms. The van der Waals surface area contributed by atoms with E-state index >= 15 is 0 Å². The van der Waals surface area contributed by atoms with E-state index < -0.39 is 19.8 Å². The van der Waals surface area contributed by atoms with Crippen LogP contribution in [0.25, 0.3) is 0 Å². The quantitative estimate of drug-likeness (QED) is 0.157. The summed E-state index contributed by atoms with van der Waals surface area (Å²) in [5, 5.41) is 1.75. The average Bonchev–Trinajstić information content (AvgIpc) is 2.91. The first-order valence-corrected chi connectivity index (χ1v) is 13.6. The van der Waals surface area contributed by atoms with E-state index in [9.17, 15) is 0 Å². The fraction of sp³-hybridized carbons (Fsp3) is 0.200. The molecule has 0 saturated carbocycles. The Morgan fingerprint density at radius 1 is 0.429 bits per heavy atom. The van der Waals surface area contributed by atoms with Crippen LogP contribution in [0.2, 0.25) is 0 Å². The summed E-state index contributed by atoms with van der Waals surface area (Å²) < 4.78 is 12.9. The minimum atomic E-state index is -3.48. The second-order valence-electron chi connectivity index (χ2n) is 9.43. The van der Waals surface area contributed by atoms with E-state index in [-0.39, 0.29) is 0 Å². The van der Waals surface area contributed by atoms with Crippen LogP contribution >= 0.6 is 0 Å². The van der Waals surface area contributed by atoms with E-state index in [0.717, 1.165) is 21.5 Å². The maximum atomic E-state index is 6.44. The van der Waals surface area contributed by atoms with Gasteiger partial charge in [0.2, 0.25) is 0 Å². The molecule has 5 heteroatoms. The van der Waals surface area contributed by atoms with Crippen molar-refractivity contribution in [3.63, 3.8) is 0 Å². The van der Waals surface area contributed by atoms with Gasteiger partial charge in [0.05, 0.1) is 0 Å². The smallest absolute Gasteiger partial charge is 0.237 e. The SMILES string of the molecule is CC(C)(OO[Si](OOC(C)(C)c1ccccc1)(c1ccccc1)c1ccccc1)c1ccccc1. The van der Waals surface area contributed by atoms with Crippen molar-refractivity contribution in [3.05, 3.63) is 132 Å². The summed E-state index contributed by atoms with van der Waals surface area (Å²) in [6, 6.07) is 39.8. The van der Waals surface area contributed by atoms with Gasteiger partial charge in [-0.05, 0) is 38.8 Å². The van der Waals surface area contributed by atoms with E-state index in [1.807, 2.05) is 149 Å². The summed E-state index contributed by atoms with van der Waals surface area (Å²) in [7, 11) is -3.48. The molecule has 0 spiro atoms. The van der Waals surface area contributed by atoms with Crippen LogP contribution in [0.15, 0.2) is 121 Å². The van der Waals surface area contributed by atoms with Gasteiger partial charge in [-0.25, -0.2) is 18.9 Å².